The van der Waals surface area contributed by atoms with Gasteiger partial charge < -0.3 is 20.5 Å². The quantitative estimate of drug-likeness (QED) is 0.219. The number of hydrogen-bond acceptors (Lipinski definition) is 8. The predicted octanol–water partition coefficient (Wildman–Crippen LogP) is 2.24. The van der Waals surface area contributed by atoms with Gasteiger partial charge in [0.1, 0.15) is 23.4 Å². The number of hydrogen-bond donors (Lipinski definition) is 4. The number of aromatic amines is 1. The minimum atomic E-state index is -0.580. The molecule has 4 aromatic rings. The summed E-state index contributed by atoms with van der Waals surface area (Å²) < 4.78 is 12.3. The molecule has 11 heteroatoms. The van der Waals surface area contributed by atoms with E-state index in [0.29, 0.717) is 35.3 Å². The van der Waals surface area contributed by atoms with E-state index in [4.69, 9.17) is 20.6 Å². The van der Waals surface area contributed by atoms with E-state index in [2.05, 4.69) is 25.6 Å². The van der Waals surface area contributed by atoms with E-state index in [1.807, 2.05) is 19.1 Å². The van der Waals surface area contributed by atoms with Gasteiger partial charge >= 0.3 is 5.69 Å². The van der Waals surface area contributed by atoms with E-state index >= 15 is 0 Å². The molecular formula is C23H24N8O3. The van der Waals surface area contributed by atoms with Crippen LogP contribution in [0.4, 0.5) is 5.69 Å². The molecule has 2 aromatic heterocycles. The largest absolute Gasteiger partial charge is 0.497 e. The van der Waals surface area contributed by atoms with Gasteiger partial charge in [0.05, 0.1) is 13.7 Å². The number of H-pyrrole nitrogens is 1. The second kappa shape index (κ2) is 9.86. The first-order valence-corrected chi connectivity index (χ1v) is 10.5. The van der Waals surface area contributed by atoms with Crippen LogP contribution in [-0.4, -0.2) is 44.5 Å². The van der Waals surface area contributed by atoms with Crippen LogP contribution in [0, 0.1) is 5.41 Å². The monoisotopic (exact) mass is 460 g/mol. The van der Waals surface area contributed by atoms with Crippen LogP contribution >= 0.6 is 0 Å². The first-order chi connectivity index (χ1) is 16.5. The van der Waals surface area contributed by atoms with Crippen LogP contribution in [-0.2, 0) is 0 Å². The zero-order chi connectivity index (χ0) is 24.1. The van der Waals surface area contributed by atoms with Crippen LogP contribution in [0.1, 0.15) is 29.9 Å². The highest BCUT2D eigenvalue weighted by Gasteiger charge is 2.22. The molecule has 0 aliphatic carbocycles. The van der Waals surface area contributed by atoms with E-state index in [9.17, 15) is 4.79 Å². The highest BCUT2D eigenvalue weighted by Crippen LogP contribution is 2.31. The Labute approximate surface area is 195 Å². The standard InChI is InChI=1S/C23H24N8O3/c1-3-34-18-12-15(11-17(13-18)33-2)20(27-16-8-6-14(7-9-16)21(24)25)22-28-23(32)31(30-22)19-5-4-10-26-29-19/h4-13,20,27H,3H2,1-2H3,(H3,24,25)(H,28,30,32)/t20-/m0/s1. The van der Waals surface area contributed by atoms with Crippen molar-refractivity contribution in [1.82, 2.24) is 25.0 Å². The van der Waals surface area contributed by atoms with Crippen molar-refractivity contribution >= 4 is 11.5 Å². The van der Waals surface area contributed by atoms with Gasteiger partial charge in [-0.05, 0) is 61.0 Å². The molecule has 0 saturated carbocycles. The normalized spacial score (nSPS) is 11.6. The third kappa shape index (κ3) is 4.88. The third-order valence-electron chi connectivity index (χ3n) is 4.97. The molecule has 0 unspecified atom stereocenters. The fourth-order valence-corrected chi connectivity index (χ4v) is 3.38. The highest BCUT2D eigenvalue weighted by atomic mass is 16.5. The molecule has 2 heterocycles. The van der Waals surface area contributed by atoms with Gasteiger partial charge in [-0.3, -0.25) is 10.4 Å². The van der Waals surface area contributed by atoms with Gasteiger partial charge in [0.2, 0.25) is 0 Å². The molecule has 0 aliphatic heterocycles. The molecule has 4 rings (SSSR count). The Morgan fingerprint density at radius 2 is 1.97 bits per heavy atom. The van der Waals surface area contributed by atoms with Crippen LogP contribution in [0.25, 0.3) is 5.82 Å². The van der Waals surface area contributed by atoms with Crippen molar-refractivity contribution in [2.75, 3.05) is 19.0 Å². The van der Waals surface area contributed by atoms with E-state index in [1.165, 1.54) is 6.20 Å². The molecule has 1 atom stereocenters. The number of ether oxygens (including phenoxy) is 2. The smallest absolute Gasteiger partial charge is 0.349 e. The molecule has 0 bridgehead atoms. The van der Waals surface area contributed by atoms with Crippen molar-refractivity contribution in [3.63, 3.8) is 0 Å². The lowest BCUT2D eigenvalue weighted by Crippen LogP contribution is -2.17. The van der Waals surface area contributed by atoms with Gasteiger partial charge in [-0.25, -0.2) is 4.79 Å². The average Bonchev–Trinajstić information content (AvgIpc) is 3.24. The molecule has 0 radical (unpaired) electrons. The Morgan fingerprint density at radius 3 is 2.62 bits per heavy atom. The zero-order valence-corrected chi connectivity index (χ0v) is 18.6. The number of nitrogens with two attached hydrogens (primary N) is 1. The summed E-state index contributed by atoms with van der Waals surface area (Å²) in [6.07, 6.45) is 1.52. The van der Waals surface area contributed by atoms with E-state index < -0.39 is 11.7 Å². The second-order valence-electron chi connectivity index (χ2n) is 7.25. The molecular weight excluding hydrogens is 436 g/mol. The van der Waals surface area contributed by atoms with Crippen molar-refractivity contribution in [2.24, 2.45) is 5.73 Å². The van der Waals surface area contributed by atoms with E-state index in [1.54, 1.807) is 49.6 Å². The number of nitrogen functional groups attached to an aromatic ring is 1. The minimum Gasteiger partial charge on any atom is -0.497 e. The number of nitrogens with zero attached hydrogens (tertiary/aromatic N) is 4. The summed E-state index contributed by atoms with van der Waals surface area (Å²) >= 11 is 0. The first kappa shape index (κ1) is 22.5. The molecule has 5 N–H and O–H groups in total. The topological polar surface area (TPSA) is 157 Å². The lowest BCUT2D eigenvalue weighted by molar-refractivity contribution is 0.335. The summed E-state index contributed by atoms with van der Waals surface area (Å²) in [5.74, 6) is 1.83. The summed E-state index contributed by atoms with van der Waals surface area (Å²) in [5, 5.41) is 23.3. The van der Waals surface area contributed by atoms with Crippen molar-refractivity contribution in [3.05, 3.63) is 88.2 Å². The molecule has 0 fully saturated rings. The van der Waals surface area contributed by atoms with E-state index in [-0.39, 0.29) is 5.84 Å². The van der Waals surface area contributed by atoms with Crippen molar-refractivity contribution < 1.29 is 9.47 Å². The summed E-state index contributed by atoms with van der Waals surface area (Å²) in [4.78, 5) is 15.5. The van der Waals surface area contributed by atoms with Crippen molar-refractivity contribution in [2.45, 2.75) is 13.0 Å². The average molecular weight is 460 g/mol. The van der Waals surface area contributed by atoms with Crippen LogP contribution < -0.4 is 26.2 Å². The zero-order valence-electron chi connectivity index (χ0n) is 18.6. The molecule has 0 spiro atoms. The molecule has 0 amide bonds. The molecule has 11 nitrogen and oxygen atoms in total. The molecule has 174 valence electrons. The maximum Gasteiger partial charge on any atom is 0.349 e. The molecule has 0 aliphatic rings. The van der Waals surface area contributed by atoms with Gasteiger partial charge in [-0.15, -0.1) is 10.2 Å². The van der Waals surface area contributed by atoms with Crippen LogP contribution in [0.15, 0.2) is 65.6 Å². The SMILES string of the molecule is CCOc1cc(OC)cc([C@H](Nc2ccc(C(=N)N)cc2)c2nn(-c3cccnn3)c(=O)[nH]2)c1. The van der Waals surface area contributed by atoms with Crippen LogP contribution in [0.3, 0.4) is 0 Å². The minimum absolute atomic E-state index is 0.0238. The highest BCUT2D eigenvalue weighted by molar-refractivity contribution is 5.95. The maximum absolute atomic E-state index is 12.7. The summed E-state index contributed by atoms with van der Waals surface area (Å²) in [7, 11) is 1.57. The predicted molar refractivity (Wildman–Crippen MR) is 127 cm³/mol. The maximum atomic E-state index is 12.7. The fourth-order valence-electron chi connectivity index (χ4n) is 3.38. The summed E-state index contributed by atoms with van der Waals surface area (Å²) in [6.45, 7) is 2.38. The van der Waals surface area contributed by atoms with E-state index in [0.717, 1.165) is 15.9 Å². The number of amidine groups is 1. The van der Waals surface area contributed by atoms with Gasteiger partial charge in [-0.1, -0.05) is 0 Å². The van der Waals surface area contributed by atoms with Crippen molar-refractivity contribution in [1.29, 1.82) is 5.41 Å². The molecule has 0 saturated heterocycles. The number of nitrogens with one attached hydrogen (secondary N) is 3. The summed E-state index contributed by atoms with van der Waals surface area (Å²) in [6, 6.07) is 15.3. The van der Waals surface area contributed by atoms with Crippen LogP contribution in [0.2, 0.25) is 0 Å². The third-order valence-corrected chi connectivity index (χ3v) is 4.97. The Bertz CT molecular complexity index is 1330. The number of benzene rings is 2. The Balaban J connectivity index is 1.80. The first-order valence-electron chi connectivity index (χ1n) is 10.5. The number of anilines is 1. The lowest BCUT2D eigenvalue weighted by Gasteiger charge is -2.20. The van der Waals surface area contributed by atoms with Gasteiger partial charge in [-0.2, -0.15) is 9.78 Å². The Kier molecular flexibility index (Phi) is 6.53. The number of methoxy groups -OCH3 is 1. The van der Waals surface area contributed by atoms with Gasteiger partial charge in [0.15, 0.2) is 11.6 Å². The van der Waals surface area contributed by atoms with Gasteiger partial charge in [0, 0.05) is 23.5 Å². The molecule has 34 heavy (non-hydrogen) atoms. The second-order valence-corrected chi connectivity index (χ2v) is 7.25. The molecule has 2 aromatic carbocycles. The fraction of sp³-hybridized carbons (Fsp3) is 0.174. The Morgan fingerprint density at radius 1 is 1.21 bits per heavy atom. The Hall–Kier alpha value is -4.67. The van der Waals surface area contributed by atoms with Crippen molar-refractivity contribution in [3.8, 4) is 17.3 Å². The number of aromatic nitrogens is 5. The summed E-state index contributed by atoms with van der Waals surface area (Å²) in [5.41, 5.74) is 7.19. The van der Waals surface area contributed by atoms with Crippen LogP contribution in [0.5, 0.6) is 11.5 Å². The lowest BCUT2D eigenvalue weighted by atomic mass is 10.0. The number of rotatable bonds is 9. The van der Waals surface area contributed by atoms with Gasteiger partial charge in [0.25, 0.3) is 0 Å².